The van der Waals surface area contributed by atoms with Crippen molar-refractivity contribution in [3.63, 3.8) is 0 Å². The maximum atomic E-state index is 9.06. The summed E-state index contributed by atoms with van der Waals surface area (Å²) in [5, 5.41) is 0. The van der Waals surface area contributed by atoms with Gasteiger partial charge in [-0.3, -0.25) is 0 Å². The quantitative estimate of drug-likeness (QED) is 0.343. The van der Waals surface area contributed by atoms with Gasteiger partial charge in [0.1, 0.15) is 0 Å². The van der Waals surface area contributed by atoms with Crippen LogP contribution in [0.15, 0.2) is 0 Å². The predicted molar refractivity (Wildman–Crippen MR) is 11.9 cm³/mol. The summed E-state index contributed by atoms with van der Waals surface area (Å²) in [6.45, 7) is 0. The van der Waals surface area contributed by atoms with Gasteiger partial charge in [0.05, 0.1) is 0 Å². The van der Waals surface area contributed by atoms with Gasteiger partial charge in [0.25, 0.3) is 0 Å². The Morgan fingerprint density at radius 3 is 0.800 bits per heavy atom. The van der Waals surface area contributed by atoms with E-state index in [-0.39, 0.29) is 16.4 Å². The fourth-order valence-electron chi connectivity index (χ4n) is 0. The van der Waals surface area contributed by atoms with E-state index in [0.717, 1.165) is 0 Å². The number of hydrogen-bond donors (Lipinski definition) is 0. The van der Waals surface area contributed by atoms with Gasteiger partial charge in [0.2, 0.25) is 0 Å². The molecule has 0 aliphatic carbocycles. The van der Waals surface area contributed by atoms with Gasteiger partial charge in [-0.05, 0) is 0 Å². The second-order valence-corrected chi connectivity index (χ2v) is 0. The monoisotopic (exact) mass is 136 g/mol. The van der Waals surface area contributed by atoms with E-state index in [1.165, 1.54) is 0 Å². The van der Waals surface area contributed by atoms with Gasteiger partial charge in [-0.15, -0.1) is 0 Å². The summed E-state index contributed by atoms with van der Waals surface area (Å²) >= 11 is 2.69. The first-order valence-corrected chi connectivity index (χ1v) is 0.470. The molecule has 0 fully saturated rings. The Morgan fingerprint density at radius 2 is 0.800 bits per heavy atom. The standard InChI is InChI=1S/Cu.FH.3H2O/h;1H;3*1H2/q+1;;;;/p-1. The molecule has 6 N–H and O–H groups in total. The van der Waals surface area contributed by atoms with Gasteiger partial charge in [0, 0.05) is 0 Å². The van der Waals surface area contributed by atoms with Gasteiger partial charge in [-0.2, -0.15) is 0 Å². The summed E-state index contributed by atoms with van der Waals surface area (Å²) in [4.78, 5) is 0. The Hall–Kier alpha value is 0.329. The molecule has 0 radical (unpaired) electrons. The zero-order chi connectivity index (χ0) is 2.00. The van der Waals surface area contributed by atoms with E-state index >= 15 is 0 Å². The Kier molecular flexibility index (Phi) is 5000. The summed E-state index contributed by atoms with van der Waals surface area (Å²) < 4.78 is 9.06. The van der Waals surface area contributed by atoms with E-state index in [1.54, 1.807) is 0 Å². The van der Waals surface area contributed by atoms with Gasteiger partial charge < -0.3 is 16.4 Å². The second kappa shape index (κ2) is 442. The molecule has 0 aromatic heterocycles. The van der Waals surface area contributed by atoms with Crippen molar-refractivity contribution in [3.8, 4) is 0 Å². The van der Waals surface area contributed by atoms with Crippen LogP contribution in [0.3, 0.4) is 0 Å². The zero-order valence-electron chi connectivity index (χ0n) is 2.18. The summed E-state index contributed by atoms with van der Waals surface area (Å²) in [6.07, 6.45) is 0. The molecule has 0 saturated carbocycles. The van der Waals surface area contributed by atoms with Crippen LogP contribution in [0.25, 0.3) is 0 Å². The Labute approximate surface area is 37.4 Å². The third-order valence-corrected chi connectivity index (χ3v) is 0. The summed E-state index contributed by atoms with van der Waals surface area (Å²) in [6, 6.07) is 0. The predicted octanol–water partition coefficient (Wildman–Crippen LogP) is -2.06. The molecule has 0 aromatic rings. The number of hydrogen-bond acceptors (Lipinski definition) is 0. The SMILES string of the molecule is O.O.O.[F][Cu]. The van der Waals surface area contributed by atoms with Crippen LogP contribution < -0.4 is 0 Å². The molecule has 0 spiro atoms. The van der Waals surface area contributed by atoms with Crippen molar-refractivity contribution >= 4 is 0 Å². The number of rotatable bonds is 0. The minimum atomic E-state index is 0. The van der Waals surface area contributed by atoms with Crippen LogP contribution in [0.4, 0.5) is 3.55 Å². The van der Waals surface area contributed by atoms with Gasteiger partial charge >= 0.3 is 20.0 Å². The zero-order valence-corrected chi connectivity index (χ0v) is 3.12. The minimum absolute atomic E-state index is 0. The van der Waals surface area contributed by atoms with E-state index < -0.39 is 0 Å². The van der Waals surface area contributed by atoms with Crippen molar-refractivity contribution < 1.29 is 36.4 Å². The van der Waals surface area contributed by atoms with Crippen molar-refractivity contribution in [2.45, 2.75) is 0 Å². The van der Waals surface area contributed by atoms with E-state index in [9.17, 15) is 0 Å². The average Bonchev–Trinajstić information content (AvgIpc) is 1.00. The normalized spacial score (nSPS) is 1.40. The Morgan fingerprint density at radius 1 is 0.800 bits per heavy atom. The molecule has 0 saturated heterocycles. The van der Waals surface area contributed by atoms with Crippen molar-refractivity contribution in [1.82, 2.24) is 0 Å². The van der Waals surface area contributed by atoms with Gasteiger partial charge in [0.15, 0.2) is 0 Å². The van der Waals surface area contributed by atoms with Crippen LogP contribution in [0.5, 0.6) is 0 Å². The van der Waals surface area contributed by atoms with Crippen LogP contribution in [-0.4, -0.2) is 16.4 Å². The first kappa shape index (κ1) is 56.5. The summed E-state index contributed by atoms with van der Waals surface area (Å²) in [5.41, 5.74) is 0. The molecular formula is H6CuFO3. The second-order valence-electron chi connectivity index (χ2n) is 0. The molecule has 5 heavy (non-hydrogen) atoms. The van der Waals surface area contributed by atoms with Gasteiger partial charge in [-0.25, -0.2) is 0 Å². The molecule has 0 bridgehead atoms. The Bertz CT molecular complexity index is 6.85. The fraction of sp³-hybridized carbons (Fsp3) is 0. The maximum absolute atomic E-state index is 9.06. The molecule has 42 valence electrons. The van der Waals surface area contributed by atoms with E-state index in [1.807, 2.05) is 0 Å². The topological polar surface area (TPSA) is 94.5 Å². The van der Waals surface area contributed by atoms with Crippen LogP contribution in [-0.2, 0) is 16.5 Å². The number of halogens is 1. The molecular weight excluding hydrogens is 131 g/mol. The summed E-state index contributed by atoms with van der Waals surface area (Å²) in [7, 11) is 0. The van der Waals surface area contributed by atoms with Gasteiger partial charge in [-0.1, -0.05) is 0 Å². The first-order chi connectivity index (χ1) is 1.00. The van der Waals surface area contributed by atoms with E-state index in [4.69, 9.17) is 3.55 Å². The van der Waals surface area contributed by atoms with E-state index in [2.05, 4.69) is 16.5 Å². The fourth-order valence-corrected chi connectivity index (χ4v) is 0. The molecule has 0 heterocycles. The van der Waals surface area contributed by atoms with E-state index in [0.29, 0.717) is 0 Å². The van der Waals surface area contributed by atoms with Crippen LogP contribution in [0, 0.1) is 0 Å². The molecule has 0 rings (SSSR count). The van der Waals surface area contributed by atoms with Crippen molar-refractivity contribution in [2.75, 3.05) is 0 Å². The molecule has 0 unspecified atom stereocenters. The third-order valence-electron chi connectivity index (χ3n) is 0. The Balaban J connectivity index is -0.00000000167. The molecule has 0 amide bonds. The van der Waals surface area contributed by atoms with Crippen LogP contribution in [0.2, 0.25) is 0 Å². The first-order valence-electron chi connectivity index (χ1n) is 0.114. The average molecular weight is 137 g/mol. The van der Waals surface area contributed by atoms with Crippen molar-refractivity contribution in [3.05, 3.63) is 0 Å². The molecule has 0 aliphatic heterocycles. The molecule has 5 heteroatoms. The molecule has 0 aliphatic rings. The van der Waals surface area contributed by atoms with Crippen LogP contribution >= 0.6 is 0 Å². The molecule has 0 atom stereocenters. The van der Waals surface area contributed by atoms with Crippen molar-refractivity contribution in [1.29, 1.82) is 0 Å². The third kappa shape index (κ3) is 216. The van der Waals surface area contributed by atoms with Crippen molar-refractivity contribution in [2.24, 2.45) is 0 Å². The summed E-state index contributed by atoms with van der Waals surface area (Å²) in [5.74, 6) is 0. The van der Waals surface area contributed by atoms with Crippen LogP contribution in [0.1, 0.15) is 0 Å². The molecule has 0 aromatic carbocycles. The molecule has 3 nitrogen and oxygen atoms in total.